The number of carbonyl (C=O) groups excluding carboxylic acids is 1. The van der Waals surface area contributed by atoms with Gasteiger partial charge < -0.3 is 5.32 Å². The zero-order valence-electron chi connectivity index (χ0n) is 11.9. The second-order valence-corrected chi connectivity index (χ2v) is 5.78. The zero-order valence-corrected chi connectivity index (χ0v) is 11.9. The average molecular weight is 271 g/mol. The van der Waals surface area contributed by atoms with Gasteiger partial charge in [0, 0.05) is 12.6 Å². The molecule has 0 atom stereocenters. The van der Waals surface area contributed by atoms with Gasteiger partial charge >= 0.3 is 0 Å². The van der Waals surface area contributed by atoms with Crippen LogP contribution in [0.15, 0.2) is 24.4 Å². The highest BCUT2D eigenvalue weighted by Gasteiger charge is 2.17. The number of amides is 1. The van der Waals surface area contributed by atoms with Gasteiger partial charge in [0.15, 0.2) is 0 Å². The molecule has 1 amide bonds. The van der Waals surface area contributed by atoms with E-state index in [1.165, 1.54) is 32.1 Å². The van der Waals surface area contributed by atoms with Gasteiger partial charge in [-0.2, -0.15) is 0 Å². The van der Waals surface area contributed by atoms with Crippen molar-refractivity contribution in [2.45, 2.75) is 45.4 Å². The molecule has 1 saturated carbocycles. The summed E-state index contributed by atoms with van der Waals surface area (Å²) in [7, 11) is 0. The first-order valence-electron chi connectivity index (χ1n) is 7.47. The van der Waals surface area contributed by atoms with Gasteiger partial charge in [-0.3, -0.25) is 9.20 Å². The highest BCUT2D eigenvalue weighted by atomic mass is 16.1. The minimum atomic E-state index is 0.121. The molecule has 2 heterocycles. The van der Waals surface area contributed by atoms with Gasteiger partial charge in [-0.15, -0.1) is 0 Å². The molecule has 2 aromatic heterocycles. The van der Waals surface area contributed by atoms with Gasteiger partial charge in [-0.25, -0.2) is 4.98 Å². The van der Waals surface area contributed by atoms with E-state index in [1.54, 1.807) is 0 Å². The van der Waals surface area contributed by atoms with Crippen molar-refractivity contribution in [3.05, 3.63) is 30.1 Å². The molecule has 0 spiro atoms. The Kier molecular flexibility index (Phi) is 3.72. The van der Waals surface area contributed by atoms with E-state index in [2.05, 4.69) is 10.3 Å². The van der Waals surface area contributed by atoms with Crippen molar-refractivity contribution >= 4 is 17.4 Å². The first-order chi connectivity index (χ1) is 9.72. The Balaban J connectivity index is 1.70. The maximum absolute atomic E-state index is 12.2. The SMILES string of the molecule is Cc1cn2c(NC(=O)CC3CCCCC3)cccc2n1. The lowest BCUT2D eigenvalue weighted by Crippen LogP contribution is -2.19. The molecule has 0 bridgehead atoms. The molecule has 0 radical (unpaired) electrons. The van der Waals surface area contributed by atoms with Crippen LogP contribution in [-0.4, -0.2) is 15.3 Å². The number of aromatic nitrogens is 2. The topological polar surface area (TPSA) is 46.4 Å². The summed E-state index contributed by atoms with van der Waals surface area (Å²) >= 11 is 0. The first-order valence-corrected chi connectivity index (χ1v) is 7.47. The van der Waals surface area contributed by atoms with E-state index in [0.29, 0.717) is 12.3 Å². The molecule has 0 aliphatic heterocycles. The minimum Gasteiger partial charge on any atom is -0.312 e. The Bertz CT molecular complexity index is 611. The molecular weight excluding hydrogens is 250 g/mol. The van der Waals surface area contributed by atoms with Gasteiger partial charge in [0.2, 0.25) is 5.91 Å². The number of aryl methyl sites for hydroxylation is 1. The molecule has 4 nitrogen and oxygen atoms in total. The fourth-order valence-electron chi connectivity index (χ4n) is 3.08. The van der Waals surface area contributed by atoms with Crippen molar-refractivity contribution in [3.8, 4) is 0 Å². The predicted octanol–water partition coefficient (Wildman–Crippen LogP) is 3.55. The largest absolute Gasteiger partial charge is 0.312 e. The zero-order chi connectivity index (χ0) is 13.9. The Hall–Kier alpha value is -1.84. The van der Waals surface area contributed by atoms with Crippen molar-refractivity contribution in [1.29, 1.82) is 0 Å². The quantitative estimate of drug-likeness (QED) is 0.928. The van der Waals surface area contributed by atoms with E-state index in [9.17, 15) is 4.79 Å². The van der Waals surface area contributed by atoms with Gasteiger partial charge in [-0.05, 0) is 37.8 Å². The second kappa shape index (κ2) is 5.65. The van der Waals surface area contributed by atoms with Gasteiger partial charge in [0.05, 0.1) is 5.69 Å². The van der Waals surface area contributed by atoms with Crippen LogP contribution < -0.4 is 5.32 Å². The van der Waals surface area contributed by atoms with Crippen molar-refractivity contribution in [1.82, 2.24) is 9.38 Å². The molecule has 1 aliphatic rings. The number of rotatable bonds is 3. The normalized spacial score (nSPS) is 16.4. The molecule has 0 saturated heterocycles. The lowest BCUT2D eigenvalue weighted by atomic mass is 9.87. The fourth-order valence-corrected chi connectivity index (χ4v) is 3.08. The molecular formula is C16H21N3O. The summed E-state index contributed by atoms with van der Waals surface area (Å²) < 4.78 is 1.94. The van der Waals surface area contributed by atoms with Crippen molar-refractivity contribution in [2.24, 2.45) is 5.92 Å². The molecule has 4 heteroatoms. The Morgan fingerprint density at radius 1 is 1.35 bits per heavy atom. The summed E-state index contributed by atoms with van der Waals surface area (Å²) in [6.07, 6.45) is 8.85. The van der Waals surface area contributed by atoms with E-state index >= 15 is 0 Å². The van der Waals surface area contributed by atoms with Gasteiger partial charge in [-0.1, -0.05) is 25.3 Å². The number of carbonyl (C=O) groups is 1. The van der Waals surface area contributed by atoms with Crippen LogP contribution in [0.4, 0.5) is 5.82 Å². The number of hydrogen-bond donors (Lipinski definition) is 1. The number of imidazole rings is 1. The first kappa shape index (κ1) is 13.2. The molecule has 20 heavy (non-hydrogen) atoms. The van der Waals surface area contributed by atoms with Crippen LogP contribution in [-0.2, 0) is 4.79 Å². The van der Waals surface area contributed by atoms with E-state index < -0.39 is 0 Å². The molecule has 3 rings (SSSR count). The number of pyridine rings is 1. The lowest BCUT2D eigenvalue weighted by molar-refractivity contribution is -0.117. The molecule has 1 aliphatic carbocycles. The summed E-state index contributed by atoms with van der Waals surface area (Å²) in [5, 5.41) is 3.03. The standard InChI is InChI=1S/C16H21N3O/c1-12-11-19-14(17-12)8-5-9-15(19)18-16(20)10-13-6-3-2-4-7-13/h5,8-9,11,13H,2-4,6-7,10H2,1H3,(H,18,20). The maximum Gasteiger partial charge on any atom is 0.225 e. The van der Waals surface area contributed by atoms with E-state index in [-0.39, 0.29) is 5.91 Å². The summed E-state index contributed by atoms with van der Waals surface area (Å²) in [6, 6.07) is 5.80. The number of nitrogens with one attached hydrogen (secondary N) is 1. The van der Waals surface area contributed by atoms with Crippen molar-refractivity contribution in [3.63, 3.8) is 0 Å². The summed E-state index contributed by atoms with van der Waals surface area (Å²) in [4.78, 5) is 16.6. The van der Waals surface area contributed by atoms with Gasteiger partial charge in [0.25, 0.3) is 0 Å². The molecule has 1 fully saturated rings. The average Bonchev–Trinajstić information content (AvgIpc) is 2.81. The molecule has 0 unspecified atom stereocenters. The minimum absolute atomic E-state index is 0.121. The van der Waals surface area contributed by atoms with Crippen LogP contribution in [0.1, 0.15) is 44.2 Å². The lowest BCUT2D eigenvalue weighted by Gasteiger charge is -2.20. The van der Waals surface area contributed by atoms with Crippen LogP contribution in [0.3, 0.4) is 0 Å². The highest BCUT2D eigenvalue weighted by molar-refractivity contribution is 5.90. The smallest absolute Gasteiger partial charge is 0.225 e. The molecule has 0 aromatic carbocycles. The third-order valence-corrected chi connectivity index (χ3v) is 4.08. The number of hydrogen-bond acceptors (Lipinski definition) is 2. The van der Waals surface area contributed by atoms with Crippen LogP contribution >= 0.6 is 0 Å². The van der Waals surface area contributed by atoms with E-state index in [1.807, 2.05) is 35.7 Å². The highest BCUT2D eigenvalue weighted by Crippen LogP contribution is 2.26. The number of nitrogens with zero attached hydrogens (tertiary/aromatic N) is 2. The second-order valence-electron chi connectivity index (χ2n) is 5.78. The van der Waals surface area contributed by atoms with Gasteiger partial charge in [0.1, 0.15) is 11.5 Å². The van der Waals surface area contributed by atoms with Crippen LogP contribution in [0, 0.1) is 12.8 Å². The third-order valence-electron chi connectivity index (χ3n) is 4.08. The van der Waals surface area contributed by atoms with Crippen LogP contribution in [0.5, 0.6) is 0 Å². The maximum atomic E-state index is 12.2. The molecule has 106 valence electrons. The van der Waals surface area contributed by atoms with Crippen LogP contribution in [0.25, 0.3) is 5.65 Å². The Morgan fingerprint density at radius 2 is 2.15 bits per heavy atom. The summed E-state index contributed by atoms with van der Waals surface area (Å²) in [6.45, 7) is 1.96. The predicted molar refractivity (Wildman–Crippen MR) is 79.8 cm³/mol. The Morgan fingerprint density at radius 3 is 2.95 bits per heavy atom. The Labute approximate surface area is 119 Å². The van der Waals surface area contributed by atoms with Crippen molar-refractivity contribution < 1.29 is 4.79 Å². The summed E-state index contributed by atoms with van der Waals surface area (Å²) in [5.41, 5.74) is 1.83. The molecule has 2 aromatic rings. The van der Waals surface area contributed by atoms with Crippen molar-refractivity contribution in [2.75, 3.05) is 5.32 Å². The number of fused-ring (bicyclic) bond motifs is 1. The molecule has 1 N–H and O–H groups in total. The number of anilines is 1. The third kappa shape index (κ3) is 2.84. The van der Waals surface area contributed by atoms with E-state index in [4.69, 9.17) is 0 Å². The monoisotopic (exact) mass is 271 g/mol. The summed E-state index contributed by atoms with van der Waals surface area (Å²) in [5.74, 6) is 1.49. The fraction of sp³-hybridized carbons (Fsp3) is 0.500. The van der Waals surface area contributed by atoms with E-state index in [0.717, 1.165) is 17.2 Å². The van der Waals surface area contributed by atoms with Crippen LogP contribution in [0.2, 0.25) is 0 Å².